The lowest BCUT2D eigenvalue weighted by atomic mass is 9.87. The van der Waals surface area contributed by atoms with Crippen molar-refractivity contribution in [1.29, 1.82) is 0 Å². The van der Waals surface area contributed by atoms with Gasteiger partial charge >= 0.3 is 0 Å². The minimum Gasteiger partial charge on any atom is -0.386 e. The number of nitrogens with zero attached hydrogens (tertiary/aromatic N) is 4. The molecule has 3 aliphatic rings. The van der Waals surface area contributed by atoms with E-state index in [-0.39, 0.29) is 11.8 Å². The summed E-state index contributed by atoms with van der Waals surface area (Å²) in [6.07, 6.45) is 5.16. The van der Waals surface area contributed by atoms with Gasteiger partial charge in [-0.15, -0.1) is 10.2 Å². The second-order valence-electron chi connectivity index (χ2n) is 6.62. The number of rotatable bonds is 5. The number of carbonyl (C=O) groups excluding carboxylic acids is 1. The summed E-state index contributed by atoms with van der Waals surface area (Å²) in [6, 6.07) is 0. The maximum atomic E-state index is 12.5. The zero-order chi connectivity index (χ0) is 13.7. The molecule has 0 bridgehead atoms. The van der Waals surface area contributed by atoms with Gasteiger partial charge in [0.2, 0.25) is 5.91 Å². The molecular weight excluding hydrogens is 258 g/mol. The van der Waals surface area contributed by atoms with E-state index in [1.807, 2.05) is 0 Å². The molecule has 0 spiro atoms. The van der Waals surface area contributed by atoms with Crippen molar-refractivity contribution in [3.63, 3.8) is 0 Å². The molecule has 2 heterocycles. The van der Waals surface area contributed by atoms with Crippen molar-refractivity contribution in [3.05, 3.63) is 5.82 Å². The fourth-order valence-corrected chi connectivity index (χ4v) is 3.39. The third kappa shape index (κ3) is 2.19. The maximum absolute atomic E-state index is 12.5. The number of H-pyrrole nitrogens is 1. The van der Waals surface area contributed by atoms with E-state index in [0.29, 0.717) is 37.2 Å². The number of hydrogen-bond donors (Lipinski definition) is 2. The first-order valence-electron chi connectivity index (χ1n) is 7.38. The van der Waals surface area contributed by atoms with Crippen molar-refractivity contribution < 1.29 is 9.90 Å². The summed E-state index contributed by atoms with van der Waals surface area (Å²) in [4.78, 5) is 14.4. The van der Waals surface area contributed by atoms with Gasteiger partial charge in [0.05, 0.1) is 13.1 Å². The highest BCUT2D eigenvalue weighted by atomic mass is 16.3. The van der Waals surface area contributed by atoms with Crippen LogP contribution in [0, 0.1) is 17.8 Å². The van der Waals surface area contributed by atoms with Crippen LogP contribution in [0.25, 0.3) is 0 Å². The second kappa shape index (κ2) is 4.25. The van der Waals surface area contributed by atoms with Crippen molar-refractivity contribution in [1.82, 2.24) is 25.5 Å². The third-order valence-corrected chi connectivity index (χ3v) is 4.70. The average Bonchev–Trinajstić information content (AvgIpc) is 3.30. The highest BCUT2D eigenvalue weighted by Gasteiger charge is 2.52. The molecule has 1 saturated heterocycles. The molecule has 0 aromatic carbocycles. The monoisotopic (exact) mass is 277 g/mol. The van der Waals surface area contributed by atoms with Crippen molar-refractivity contribution >= 4 is 5.91 Å². The Morgan fingerprint density at radius 3 is 2.50 bits per heavy atom. The number of carbonyl (C=O) groups is 1. The highest BCUT2D eigenvalue weighted by molar-refractivity contribution is 5.81. The fraction of sp³-hybridized carbons (Fsp3) is 0.846. The Morgan fingerprint density at radius 1 is 1.35 bits per heavy atom. The van der Waals surface area contributed by atoms with Gasteiger partial charge in [0, 0.05) is 12.3 Å². The predicted molar refractivity (Wildman–Crippen MR) is 68.3 cm³/mol. The van der Waals surface area contributed by atoms with E-state index in [2.05, 4.69) is 20.6 Å². The fourth-order valence-electron chi connectivity index (χ4n) is 3.39. The first kappa shape index (κ1) is 12.3. The quantitative estimate of drug-likeness (QED) is 0.774. The Bertz CT molecular complexity index is 491. The van der Waals surface area contributed by atoms with Crippen LogP contribution in [0.4, 0.5) is 0 Å². The summed E-state index contributed by atoms with van der Waals surface area (Å²) < 4.78 is 0. The topological polar surface area (TPSA) is 95.0 Å². The van der Waals surface area contributed by atoms with Crippen LogP contribution in [0.5, 0.6) is 0 Å². The SMILES string of the molecule is O=C(C(C1CC1)C1CC1)N1CC(O)(Cc2nn[nH]n2)C1. The summed E-state index contributed by atoms with van der Waals surface area (Å²) in [5.41, 5.74) is -0.878. The summed E-state index contributed by atoms with van der Waals surface area (Å²) >= 11 is 0. The molecule has 0 atom stereocenters. The molecule has 20 heavy (non-hydrogen) atoms. The lowest BCUT2D eigenvalue weighted by Gasteiger charge is -2.47. The molecule has 0 radical (unpaired) electrons. The van der Waals surface area contributed by atoms with E-state index in [1.54, 1.807) is 4.90 Å². The van der Waals surface area contributed by atoms with Crippen LogP contribution in [0.3, 0.4) is 0 Å². The van der Waals surface area contributed by atoms with Crippen LogP contribution in [-0.2, 0) is 11.2 Å². The number of likely N-dealkylation sites (tertiary alicyclic amines) is 1. The molecular formula is C13H19N5O2. The second-order valence-corrected chi connectivity index (χ2v) is 6.62. The molecule has 2 saturated carbocycles. The van der Waals surface area contributed by atoms with Crippen LogP contribution in [0.1, 0.15) is 31.5 Å². The number of amides is 1. The van der Waals surface area contributed by atoms with Gasteiger partial charge in [-0.05, 0) is 37.5 Å². The van der Waals surface area contributed by atoms with Gasteiger partial charge < -0.3 is 10.0 Å². The van der Waals surface area contributed by atoms with Crippen molar-refractivity contribution in [2.24, 2.45) is 17.8 Å². The van der Waals surface area contributed by atoms with Crippen molar-refractivity contribution in [2.45, 2.75) is 37.7 Å². The lowest BCUT2D eigenvalue weighted by Crippen LogP contribution is -2.65. The van der Waals surface area contributed by atoms with Gasteiger partial charge in [0.15, 0.2) is 5.82 Å². The van der Waals surface area contributed by atoms with Crippen LogP contribution in [0.2, 0.25) is 0 Å². The molecule has 4 rings (SSSR count). The number of nitrogens with one attached hydrogen (secondary N) is 1. The smallest absolute Gasteiger partial charge is 0.226 e. The minimum absolute atomic E-state index is 0.227. The number of aromatic nitrogens is 4. The van der Waals surface area contributed by atoms with Gasteiger partial charge in [-0.1, -0.05) is 5.21 Å². The zero-order valence-corrected chi connectivity index (χ0v) is 11.3. The van der Waals surface area contributed by atoms with Crippen LogP contribution < -0.4 is 0 Å². The van der Waals surface area contributed by atoms with E-state index in [4.69, 9.17) is 0 Å². The first-order chi connectivity index (χ1) is 9.65. The molecule has 7 heteroatoms. The first-order valence-corrected chi connectivity index (χ1v) is 7.38. The van der Waals surface area contributed by atoms with Crippen molar-refractivity contribution in [3.8, 4) is 0 Å². The Labute approximate surface area is 116 Å². The third-order valence-electron chi connectivity index (χ3n) is 4.70. The molecule has 2 N–H and O–H groups in total. The van der Waals surface area contributed by atoms with Crippen LogP contribution in [0.15, 0.2) is 0 Å². The van der Waals surface area contributed by atoms with Gasteiger partial charge in [-0.25, -0.2) is 0 Å². The Hall–Kier alpha value is -1.50. The zero-order valence-electron chi connectivity index (χ0n) is 11.3. The molecule has 7 nitrogen and oxygen atoms in total. The highest BCUT2D eigenvalue weighted by Crippen LogP contribution is 2.50. The van der Waals surface area contributed by atoms with Gasteiger partial charge in [-0.2, -0.15) is 5.21 Å². The van der Waals surface area contributed by atoms with Crippen molar-refractivity contribution in [2.75, 3.05) is 13.1 Å². The summed E-state index contributed by atoms with van der Waals surface area (Å²) in [6.45, 7) is 0.798. The maximum Gasteiger partial charge on any atom is 0.226 e. The minimum atomic E-state index is -0.878. The molecule has 108 valence electrons. The lowest BCUT2D eigenvalue weighted by molar-refractivity contribution is -0.161. The van der Waals surface area contributed by atoms with E-state index >= 15 is 0 Å². The molecule has 3 fully saturated rings. The Balaban J connectivity index is 1.36. The summed E-state index contributed by atoms with van der Waals surface area (Å²) in [7, 11) is 0. The predicted octanol–water partition coefficient (Wildman–Crippen LogP) is -0.248. The molecule has 1 amide bonds. The number of hydrogen-bond acceptors (Lipinski definition) is 5. The van der Waals surface area contributed by atoms with Crippen LogP contribution in [-0.4, -0.2) is 55.2 Å². The molecule has 1 aromatic heterocycles. The largest absolute Gasteiger partial charge is 0.386 e. The van der Waals surface area contributed by atoms with E-state index < -0.39 is 5.60 Å². The average molecular weight is 277 g/mol. The van der Waals surface area contributed by atoms with Gasteiger partial charge in [0.25, 0.3) is 0 Å². The Kier molecular flexibility index (Phi) is 2.60. The summed E-state index contributed by atoms with van der Waals surface area (Å²) in [5, 5.41) is 23.9. The summed E-state index contributed by atoms with van der Waals surface area (Å²) in [5.74, 6) is 2.21. The number of β-amino-alcohol motifs (C(OH)–C–C–N with tert-alkyl or cyclic N) is 1. The van der Waals surface area contributed by atoms with E-state index in [1.165, 1.54) is 25.7 Å². The molecule has 1 aromatic rings. The van der Waals surface area contributed by atoms with Crippen LogP contribution >= 0.6 is 0 Å². The normalized spacial score (nSPS) is 24.8. The number of aromatic amines is 1. The van der Waals surface area contributed by atoms with E-state index in [9.17, 15) is 9.90 Å². The molecule has 2 aliphatic carbocycles. The molecule has 1 aliphatic heterocycles. The van der Waals surface area contributed by atoms with Gasteiger partial charge in [-0.3, -0.25) is 4.79 Å². The van der Waals surface area contributed by atoms with E-state index in [0.717, 1.165) is 0 Å². The number of tetrazole rings is 1. The molecule has 0 unspecified atom stereocenters. The van der Waals surface area contributed by atoms with Gasteiger partial charge in [0.1, 0.15) is 5.60 Å². The Morgan fingerprint density at radius 2 is 2.00 bits per heavy atom. The number of aliphatic hydroxyl groups is 1. The standard InChI is InChI=1S/C13H19N5O2/c19-12(11(8-1-2-8)9-3-4-9)18-6-13(20,7-18)5-10-14-16-17-15-10/h8-9,11,20H,1-7H2,(H,14,15,16,17).